The first kappa shape index (κ1) is 22.9. The van der Waals surface area contributed by atoms with Gasteiger partial charge >= 0.3 is 0 Å². The monoisotopic (exact) mass is 413 g/mol. The summed E-state index contributed by atoms with van der Waals surface area (Å²) in [6.45, 7) is 4.31. The molecule has 8 heteroatoms. The zero-order chi connectivity index (χ0) is 22.1. The molecule has 0 saturated heterocycles. The molecule has 8 nitrogen and oxygen atoms in total. The quantitative estimate of drug-likeness (QED) is 0.476. The average molecular weight is 413 g/mol. The summed E-state index contributed by atoms with van der Waals surface area (Å²) in [5.74, 6) is 0.0609. The molecule has 1 atom stereocenters. The second kappa shape index (κ2) is 10.9. The van der Waals surface area contributed by atoms with E-state index in [4.69, 9.17) is 4.74 Å². The Kier molecular flexibility index (Phi) is 8.34. The maximum absolute atomic E-state index is 13.1. The smallest absolute Gasteiger partial charge is 0.273 e. The Hall–Kier alpha value is -3.42. The minimum Gasteiger partial charge on any atom is -0.497 e. The van der Waals surface area contributed by atoms with Gasteiger partial charge in [-0.25, -0.2) is 0 Å². The lowest BCUT2D eigenvalue weighted by Crippen LogP contribution is -2.48. The van der Waals surface area contributed by atoms with Crippen molar-refractivity contribution >= 4 is 17.5 Å². The van der Waals surface area contributed by atoms with E-state index in [1.807, 2.05) is 19.1 Å². The molecule has 2 aromatic carbocycles. The molecule has 0 aliphatic heterocycles. The standard InChI is InChI=1S/C22H27N3O5/c1-4-13-23-22(27)16(2)24(15-17-9-11-19(30-3)12-10-17)21(26)14-18-7-5-6-8-20(18)25(28)29/h5-12,16H,4,13-15H2,1-3H3,(H,23,27). The van der Waals surface area contributed by atoms with Gasteiger partial charge in [-0.15, -0.1) is 0 Å². The average Bonchev–Trinajstić information content (AvgIpc) is 2.75. The van der Waals surface area contributed by atoms with Crippen molar-refractivity contribution in [2.75, 3.05) is 13.7 Å². The number of methoxy groups -OCH3 is 1. The lowest BCUT2D eigenvalue weighted by Gasteiger charge is -2.29. The SMILES string of the molecule is CCCNC(=O)C(C)N(Cc1ccc(OC)cc1)C(=O)Cc1ccccc1[N+](=O)[O-]. The van der Waals surface area contributed by atoms with Crippen molar-refractivity contribution in [1.29, 1.82) is 0 Å². The fraction of sp³-hybridized carbons (Fsp3) is 0.364. The predicted octanol–water partition coefficient (Wildman–Crippen LogP) is 3.09. The van der Waals surface area contributed by atoms with E-state index < -0.39 is 11.0 Å². The van der Waals surface area contributed by atoms with Crippen LogP contribution in [0.15, 0.2) is 48.5 Å². The van der Waals surface area contributed by atoms with E-state index in [2.05, 4.69) is 5.32 Å². The number of carbonyl (C=O) groups excluding carboxylic acids is 2. The molecular weight excluding hydrogens is 386 g/mol. The first-order chi connectivity index (χ1) is 14.4. The van der Waals surface area contributed by atoms with Crippen molar-refractivity contribution in [3.05, 3.63) is 69.8 Å². The zero-order valence-electron chi connectivity index (χ0n) is 17.5. The van der Waals surface area contributed by atoms with Crippen molar-refractivity contribution < 1.29 is 19.2 Å². The van der Waals surface area contributed by atoms with Gasteiger partial charge in [0.05, 0.1) is 18.5 Å². The lowest BCUT2D eigenvalue weighted by atomic mass is 10.1. The summed E-state index contributed by atoms with van der Waals surface area (Å²) in [6.07, 6.45) is 0.611. The Labute approximate surface area is 176 Å². The van der Waals surface area contributed by atoms with Crippen LogP contribution in [-0.4, -0.2) is 41.3 Å². The van der Waals surface area contributed by atoms with Gasteiger partial charge in [0.15, 0.2) is 0 Å². The van der Waals surface area contributed by atoms with Gasteiger partial charge in [-0.05, 0) is 31.0 Å². The highest BCUT2D eigenvalue weighted by atomic mass is 16.6. The molecule has 1 N–H and O–H groups in total. The number of nitrogens with one attached hydrogen (secondary N) is 1. The van der Waals surface area contributed by atoms with Gasteiger partial charge < -0.3 is 15.0 Å². The number of carbonyl (C=O) groups is 2. The lowest BCUT2D eigenvalue weighted by molar-refractivity contribution is -0.385. The van der Waals surface area contributed by atoms with E-state index in [1.165, 1.54) is 11.0 Å². The summed E-state index contributed by atoms with van der Waals surface area (Å²) in [5.41, 5.74) is 1.02. The molecule has 0 radical (unpaired) electrons. The van der Waals surface area contributed by atoms with Crippen molar-refractivity contribution in [2.45, 2.75) is 39.3 Å². The van der Waals surface area contributed by atoms with E-state index in [-0.39, 0.29) is 30.5 Å². The third kappa shape index (κ3) is 6.04. The van der Waals surface area contributed by atoms with E-state index >= 15 is 0 Å². The number of nitro groups is 1. The van der Waals surface area contributed by atoms with Crippen LogP contribution in [0.4, 0.5) is 5.69 Å². The maximum Gasteiger partial charge on any atom is 0.273 e. The molecule has 30 heavy (non-hydrogen) atoms. The van der Waals surface area contributed by atoms with Gasteiger partial charge in [0.2, 0.25) is 11.8 Å². The molecule has 0 saturated carbocycles. The molecule has 0 bridgehead atoms. The number of rotatable bonds is 10. The van der Waals surface area contributed by atoms with E-state index in [0.29, 0.717) is 17.9 Å². The van der Waals surface area contributed by atoms with Crippen LogP contribution < -0.4 is 10.1 Å². The van der Waals surface area contributed by atoms with Crippen molar-refractivity contribution in [1.82, 2.24) is 10.2 Å². The van der Waals surface area contributed by atoms with E-state index in [1.54, 1.807) is 44.4 Å². The van der Waals surface area contributed by atoms with E-state index in [0.717, 1.165) is 12.0 Å². The Morgan fingerprint density at radius 1 is 1.17 bits per heavy atom. The Bertz CT molecular complexity index is 883. The van der Waals surface area contributed by atoms with E-state index in [9.17, 15) is 19.7 Å². The van der Waals surface area contributed by atoms with Crippen LogP contribution in [0.25, 0.3) is 0 Å². The molecule has 2 rings (SSSR count). The van der Waals surface area contributed by atoms with Crippen LogP contribution in [0, 0.1) is 10.1 Å². The minimum absolute atomic E-state index is 0.113. The number of hydrogen-bond donors (Lipinski definition) is 1. The molecule has 0 heterocycles. The van der Waals surface area contributed by atoms with Crippen LogP contribution in [0.1, 0.15) is 31.4 Å². The molecular formula is C22H27N3O5. The fourth-order valence-electron chi connectivity index (χ4n) is 3.01. The summed E-state index contributed by atoms with van der Waals surface area (Å²) in [4.78, 5) is 37.9. The number of para-hydroxylation sites is 1. The van der Waals surface area contributed by atoms with Gasteiger partial charge in [-0.2, -0.15) is 0 Å². The van der Waals surface area contributed by atoms with Crippen molar-refractivity contribution in [2.24, 2.45) is 0 Å². The molecule has 2 aromatic rings. The normalized spacial score (nSPS) is 11.4. The summed E-state index contributed by atoms with van der Waals surface area (Å²) < 4.78 is 5.16. The highest BCUT2D eigenvalue weighted by Gasteiger charge is 2.27. The highest BCUT2D eigenvalue weighted by molar-refractivity contribution is 5.88. The van der Waals surface area contributed by atoms with Crippen molar-refractivity contribution in [3.63, 3.8) is 0 Å². The minimum atomic E-state index is -0.728. The second-order valence-corrected chi connectivity index (χ2v) is 6.90. The molecule has 0 spiro atoms. The van der Waals surface area contributed by atoms with Crippen molar-refractivity contribution in [3.8, 4) is 5.75 Å². The number of benzene rings is 2. The first-order valence-corrected chi connectivity index (χ1v) is 9.79. The molecule has 1 unspecified atom stereocenters. The Balaban J connectivity index is 2.28. The number of amides is 2. The van der Waals surface area contributed by atoms with Gasteiger partial charge in [-0.1, -0.05) is 37.3 Å². The largest absolute Gasteiger partial charge is 0.497 e. The number of ether oxygens (including phenoxy) is 1. The van der Waals surface area contributed by atoms with Crippen LogP contribution in [-0.2, 0) is 22.6 Å². The van der Waals surface area contributed by atoms with Crippen LogP contribution >= 0.6 is 0 Å². The maximum atomic E-state index is 13.1. The number of hydrogen-bond acceptors (Lipinski definition) is 5. The molecule has 2 amide bonds. The molecule has 0 fully saturated rings. The summed E-state index contributed by atoms with van der Waals surface area (Å²) >= 11 is 0. The number of nitro benzene ring substituents is 1. The zero-order valence-corrected chi connectivity index (χ0v) is 17.5. The Morgan fingerprint density at radius 2 is 1.83 bits per heavy atom. The van der Waals surface area contributed by atoms with Crippen LogP contribution in [0.5, 0.6) is 5.75 Å². The van der Waals surface area contributed by atoms with Gasteiger partial charge in [-0.3, -0.25) is 19.7 Å². The fourth-order valence-corrected chi connectivity index (χ4v) is 3.01. The second-order valence-electron chi connectivity index (χ2n) is 6.90. The summed E-state index contributed by atoms with van der Waals surface area (Å²) in [7, 11) is 1.57. The summed E-state index contributed by atoms with van der Waals surface area (Å²) in [6, 6.07) is 12.6. The van der Waals surface area contributed by atoms with Gasteiger partial charge in [0, 0.05) is 24.7 Å². The third-order valence-corrected chi connectivity index (χ3v) is 4.76. The molecule has 160 valence electrons. The number of nitrogens with zero attached hydrogens (tertiary/aromatic N) is 2. The molecule has 0 aliphatic rings. The van der Waals surface area contributed by atoms with Crippen LogP contribution in [0.3, 0.4) is 0 Å². The predicted molar refractivity (Wildman–Crippen MR) is 113 cm³/mol. The topological polar surface area (TPSA) is 102 Å². The first-order valence-electron chi connectivity index (χ1n) is 9.79. The summed E-state index contributed by atoms with van der Waals surface area (Å²) in [5, 5.41) is 14.1. The Morgan fingerprint density at radius 3 is 2.43 bits per heavy atom. The van der Waals surface area contributed by atoms with Crippen LogP contribution in [0.2, 0.25) is 0 Å². The molecule has 0 aromatic heterocycles. The van der Waals surface area contributed by atoms with Gasteiger partial charge in [0.25, 0.3) is 5.69 Å². The highest BCUT2D eigenvalue weighted by Crippen LogP contribution is 2.21. The third-order valence-electron chi connectivity index (χ3n) is 4.76. The van der Waals surface area contributed by atoms with Gasteiger partial charge in [0.1, 0.15) is 11.8 Å². The molecule has 0 aliphatic carbocycles.